The Morgan fingerprint density at radius 1 is 0.941 bits per heavy atom. The predicted octanol–water partition coefficient (Wildman–Crippen LogP) is 3.16. The van der Waals surface area contributed by atoms with E-state index in [1.165, 1.54) is 0 Å². The van der Waals surface area contributed by atoms with Crippen LogP contribution in [0.1, 0.15) is 16.7 Å². The number of hydrogen-bond acceptors (Lipinski definition) is 4. The van der Waals surface area contributed by atoms with Gasteiger partial charge in [0.15, 0.2) is 0 Å². The van der Waals surface area contributed by atoms with Gasteiger partial charge in [-0.1, -0.05) is 54.1 Å². The summed E-state index contributed by atoms with van der Waals surface area (Å²) in [5, 5.41) is 17.5. The Bertz CT molecular complexity index is 1260. The standard InChI is InChI=1S/C26H25ClN4O3/c27-21-8-6-18(7-9-21)13-22(31-26(34)23(32)14-17-4-2-1-3-5-17)25(33)30-16-19-12-20-10-11-28-24(20)29-15-19/h1-12,15,22-23,32H,13-14,16H2,(H,28,29)(H,30,33)(H,31,34). The maximum Gasteiger partial charge on any atom is 0.249 e. The molecule has 0 saturated carbocycles. The van der Waals surface area contributed by atoms with Crippen molar-refractivity contribution in [3.8, 4) is 0 Å². The monoisotopic (exact) mass is 476 g/mol. The first-order valence-electron chi connectivity index (χ1n) is 10.9. The lowest BCUT2D eigenvalue weighted by Crippen LogP contribution is -2.51. The zero-order valence-electron chi connectivity index (χ0n) is 18.4. The Labute approximate surface area is 202 Å². The number of carbonyl (C=O) groups is 2. The third kappa shape index (κ3) is 6.21. The molecule has 0 spiro atoms. The molecule has 7 nitrogen and oxygen atoms in total. The topological polar surface area (TPSA) is 107 Å². The Hall–Kier alpha value is -3.68. The van der Waals surface area contributed by atoms with E-state index in [1.807, 2.05) is 42.5 Å². The van der Waals surface area contributed by atoms with Crippen LogP contribution in [0.2, 0.25) is 5.02 Å². The fourth-order valence-corrected chi connectivity index (χ4v) is 3.78. The van der Waals surface area contributed by atoms with E-state index in [9.17, 15) is 14.7 Å². The molecule has 2 atom stereocenters. The molecule has 0 bridgehead atoms. The van der Waals surface area contributed by atoms with Gasteiger partial charge in [-0.2, -0.15) is 0 Å². The van der Waals surface area contributed by atoms with Gasteiger partial charge in [-0.05, 0) is 41.0 Å². The SMILES string of the molecule is O=C(NC(Cc1ccc(Cl)cc1)C(=O)NCc1cnc2[nH]ccc2c1)C(O)Cc1ccccc1. The molecule has 0 aliphatic rings. The van der Waals surface area contributed by atoms with E-state index in [-0.39, 0.29) is 25.3 Å². The third-order valence-corrected chi connectivity index (χ3v) is 5.74. The number of benzene rings is 2. The number of aromatic nitrogens is 2. The van der Waals surface area contributed by atoms with Crippen molar-refractivity contribution in [3.05, 3.63) is 101 Å². The Balaban J connectivity index is 1.43. The van der Waals surface area contributed by atoms with E-state index in [1.54, 1.807) is 36.7 Å². The second-order valence-electron chi connectivity index (χ2n) is 8.07. The average Bonchev–Trinajstić information content (AvgIpc) is 3.32. The zero-order chi connectivity index (χ0) is 23.9. The summed E-state index contributed by atoms with van der Waals surface area (Å²) < 4.78 is 0. The number of aromatic amines is 1. The van der Waals surface area contributed by atoms with Crippen molar-refractivity contribution in [3.63, 3.8) is 0 Å². The minimum absolute atomic E-state index is 0.157. The summed E-state index contributed by atoms with van der Waals surface area (Å²) in [5.41, 5.74) is 3.27. The summed E-state index contributed by atoms with van der Waals surface area (Å²) in [6.07, 6.45) is 2.63. The minimum atomic E-state index is -1.27. The fourth-order valence-electron chi connectivity index (χ4n) is 3.66. The number of pyridine rings is 1. The molecule has 4 aromatic rings. The molecule has 8 heteroatoms. The van der Waals surface area contributed by atoms with Gasteiger partial charge < -0.3 is 20.7 Å². The molecule has 0 fully saturated rings. The molecule has 2 aromatic carbocycles. The van der Waals surface area contributed by atoms with Crippen LogP contribution in [-0.4, -0.2) is 39.0 Å². The fraction of sp³-hybridized carbons (Fsp3) is 0.192. The minimum Gasteiger partial charge on any atom is -0.383 e. The van der Waals surface area contributed by atoms with E-state index in [0.717, 1.165) is 27.7 Å². The van der Waals surface area contributed by atoms with Crippen molar-refractivity contribution in [2.75, 3.05) is 0 Å². The average molecular weight is 477 g/mol. The number of hydrogen-bond donors (Lipinski definition) is 4. The Morgan fingerprint density at radius 3 is 2.44 bits per heavy atom. The van der Waals surface area contributed by atoms with Crippen molar-refractivity contribution < 1.29 is 14.7 Å². The molecule has 2 aromatic heterocycles. The predicted molar refractivity (Wildman–Crippen MR) is 131 cm³/mol. The lowest BCUT2D eigenvalue weighted by Gasteiger charge is -2.21. The van der Waals surface area contributed by atoms with Crippen LogP contribution in [0.4, 0.5) is 0 Å². The van der Waals surface area contributed by atoms with Crippen LogP contribution in [-0.2, 0) is 29.0 Å². The van der Waals surface area contributed by atoms with Gasteiger partial charge in [0.2, 0.25) is 11.8 Å². The van der Waals surface area contributed by atoms with E-state index >= 15 is 0 Å². The summed E-state index contributed by atoms with van der Waals surface area (Å²) in [7, 11) is 0. The number of nitrogens with one attached hydrogen (secondary N) is 3. The van der Waals surface area contributed by atoms with Crippen LogP contribution in [0.3, 0.4) is 0 Å². The summed E-state index contributed by atoms with van der Waals surface area (Å²) in [4.78, 5) is 33.1. The first-order valence-corrected chi connectivity index (χ1v) is 11.3. The molecule has 174 valence electrons. The summed E-state index contributed by atoms with van der Waals surface area (Å²) in [6.45, 7) is 0.256. The van der Waals surface area contributed by atoms with Crippen molar-refractivity contribution in [1.29, 1.82) is 0 Å². The highest BCUT2D eigenvalue weighted by molar-refractivity contribution is 6.30. The third-order valence-electron chi connectivity index (χ3n) is 5.48. The summed E-state index contributed by atoms with van der Waals surface area (Å²) >= 11 is 5.97. The van der Waals surface area contributed by atoms with Crippen LogP contribution in [0, 0.1) is 0 Å². The van der Waals surface area contributed by atoms with E-state index < -0.39 is 18.1 Å². The smallest absolute Gasteiger partial charge is 0.249 e. The maximum absolute atomic E-state index is 13.1. The van der Waals surface area contributed by atoms with Crippen LogP contribution in [0.5, 0.6) is 0 Å². The second-order valence-corrected chi connectivity index (χ2v) is 8.51. The lowest BCUT2D eigenvalue weighted by molar-refractivity contribution is -0.134. The number of halogens is 1. The maximum atomic E-state index is 13.1. The summed E-state index contributed by atoms with van der Waals surface area (Å²) in [5.74, 6) is -0.960. The molecule has 4 rings (SSSR count). The van der Waals surface area contributed by atoms with Crippen LogP contribution >= 0.6 is 11.6 Å². The largest absolute Gasteiger partial charge is 0.383 e. The number of carbonyl (C=O) groups excluding carboxylic acids is 2. The molecule has 0 aliphatic heterocycles. The van der Waals surface area contributed by atoms with Crippen molar-refractivity contribution in [2.45, 2.75) is 31.5 Å². The molecule has 2 heterocycles. The van der Waals surface area contributed by atoms with Crippen LogP contribution < -0.4 is 10.6 Å². The number of aliphatic hydroxyl groups excluding tert-OH is 1. The van der Waals surface area contributed by atoms with E-state index in [0.29, 0.717) is 5.02 Å². The second kappa shape index (κ2) is 11.0. The van der Waals surface area contributed by atoms with E-state index in [2.05, 4.69) is 20.6 Å². The number of nitrogens with zero attached hydrogens (tertiary/aromatic N) is 1. The van der Waals surface area contributed by atoms with Crippen LogP contribution in [0.25, 0.3) is 11.0 Å². The highest BCUT2D eigenvalue weighted by atomic mass is 35.5. The number of fused-ring (bicyclic) bond motifs is 1. The molecular formula is C26H25ClN4O3. The highest BCUT2D eigenvalue weighted by Crippen LogP contribution is 2.13. The normalized spacial score (nSPS) is 12.8. The highest BCUT2D eigenvalue weighted by Gasteiger charge is 2.25. The molecule has 0 saturated heterocycles. The van der Waals surface area contributed by atoms with Crippen molar-refractivity contribution in [1.82, 2.24) is 20.6 Å². The van der Waals surface area contributed by atoms with Gasteiger partial charge in [-0.3, -0.25) is 9.59 Å². The number of amides is 2. The Morgan fingerprint density at radius 2 is 1.68 bits per heavy atom. The molecule has 34 heavy (non-hydrogen) atoms. The zero-order valence-corrected chi connectivity index (χ0v) is 19.1. The van der Waals surface area contributed by atoms with Gasteiger partial charge in [0.05, 0.1) is 0 Å². The Kier molecular flexibility index (Phi) is 7.57. The van der Waals surface area contributed by atoms with Gasteiger partial charge in [-0.25, -0.2) is 4.98 Å². The molecule has 2 unspecified atom stereocenters. The van der Waals surface area contributed by atoms with Gasteiger partial charge in [0.1, 0.15) is 17.8 Å². The lowest BCUT2D eigenvalue weighted by atomic mass is 10.0. The summed E-state index contributed by atoms with van der Waals surface area (Å²) in [6, 6.07) is 19.3. The molecule has 0 aliphatic carbocycles. The van der Waals surface area contributed by atoms with Crippen molar-refractivity contribution in [2.24, 2.45) is 0 Å². The quantitative estimate of drug-likeness (QED) is 0.297. The number of rotatable bonds is 9. The molecule has 4 N–H and O–H groups in total. The number of aliphatic hydroxyl groups is 1. The first kappa shape index (κ1) is 23.5. The molecule has 2 amide bonds. The first-order chi connectivity index (χ1) is 16.5. The van der Waals surface area contributed by atoms with E-state index in [4.69, 9.17) is 11.6 Å². The van der Waals surface area contributed by atoms with Gasteiger partial charge in [-0.15, -0.1) is 0 Å². The van der Waals surface area contributed by atoms with Gasteiger partial charge in [0.25, 0.3) is 0 Å². The van der Waals surface area contributed by atoms with Gasteiger partial charge >= 0.3 is 0 Å². The molecular weight excluding hydrogens is 452 g/mol. The van der Waals surface area contributed by atoms with Crippen LogP contribution in [0.15, 0.2) is 79.1 Å². The van der Waals surface area contributed by atoms with Gasteiger partial charge in [0, 0.05) is 42.2 Å². The van der Waals surface area contributed by atoms with Crippen molar-refractivity contribution >= 4 is 34.4 Å². The number of H-pyrrole nitrogens is 1. The molecule has 0 radical (unpaired) electrons.